The molecule has 0 heterocycles. The highest BCUT2D eigenvalue weighted by Crippen LogP contribution is 2.18. The van der Waals surface area contributed by atoms with Crippen LogP contribution in [-0.2, 0) is 6.54 Å². The summed E-state index contributed by atoms with van der Waals surface area (Å²) < 4.78 is 5.69. The average Bonchev–Trinajstić information content (AvgIpc) is 2.54. The van der Waals surface area contributed by atoms with E-state index in [1.165, 1.54) is 0 Å². The van der Waals surface area contributed by atoms with Crippen molar-refractivity contribution in [3.63, 3.8) is 0 Å². The zero-order valence-corrected chi connectivity index (χ0v) is 12.3. The van der Waals surface area contributed by atoms with Crippen molar-refractivity contribution in [3.05, 3.63) is 65.7 Å². The van der Waals surface area contributed by atoms with E-state index in [9.17, 15) is 4.79 Å². The summed E-state index contributed by atoms with van der Waals surface area (Å²) >= 11 is 0. The molecule has 0 saturated carbocycles. The van der Waals surface area contributed by atoms with Gasteiger partial charge in [-0.1, -0.05) is 55.8 Å². The maximum atomic E-state index is 12.3. The molecule has 0 spiro atoms. The van der Waals surface area contributed by atoms with Gasteiger partial charge in [0.2, 0.25) is 0 Å². The van der Waals surface area contributed by atoms with Gasteiger partial charge in [-0.05, 0) is 24.1 Å². The molecule has 21 heavy (non-hydrogen) atoms. The molecule has 0 fully saturated rings. The van der Waals surface area contributed by atoms with E-state index in [1.807, 2.05) is 48.5 Å². The molecule has 2 aromatic rings. The minimum Gasteiger partial charge on any atom is -0.493 e. The molecule has 3 nitrogen and oxygen atoms in total. The number of hydrogen-bond acceptors (Lipinski definition) is 2. The topological polar surface area (TPSA) is 38.3 Å². The van der Waals surface area contributed by atoms with Gasteiger partial charge in [-0.3, -0.25) is 4.79 Å². The number of hydrogen-bond donors (Lipinski definition) is 1. The quantitative estimate of drug-likeness (QED) is 0.785. The molecule has 0 saturated heterocycles. The summed E-state index contributed by atoms with van der Waals surface area (Å²) in [5.41, 5.74) is 1.67. The van der Waals surface area contributed by atoms with Crippen LogP contribution in [0.3, 0.4) is 0 Å². The largest absolute Gasteiger partial charge is 0.493 e. The maximum Gasteiger partial charge on any atom is 0.255 e. The fraction of sp³-hybridized carbons (Fsp3) is 0.278. The molecule has 1 amide bonds. The van der Waals surface area contributed by atoms with Gasteiger partial charge in [-0.25, -0.2) is 0 Å². The highest BCUT2D eigenvalue weighted by atomic mass is 16.5. The summed E-state index contributed by atoms with van der Waals surface area (Å²) in [6, 6.07) is 17.2. The van der Waals surface area contributed by atoms with Crippen LogP contribution < -0.4 is 10.1 Å². The van der Waals surface area contributed by atoms with Gasteiger partial charge in [0, 0.05) is 6.54 Å². The molecule has 0 unspecified atom stereocenters. The Balaban J connectivity index is 1.98. The van der Waals surface area contributed by atoms with Crippen molar-refractivity contribution in [3.8, 4) is 5.75 Å². The van der Waals surface area contributed by atoms with Gasteiger partial charge in [0.15, 0.2) is 0 Å². The van der Waals surface area contributed by atoms with Crippen LogP contribution in [0.4, 0.5) is 0 Å². The summed E-state index contributed by atoms with van der Waals surface area (Å²) in [6.45, 7) is 3.27. The number of benzene rings is 2. The van der Waals surface area contributed by atoms with Gasteiger partial charge in [0.05, 0.1) is 12.2 Å². The van der Waals surface area contributed by atoms with Crippen molar-refractivity contribution in [2.24, 2.45) is 0 Å². The molecule has 1 N–H and O–H groups in total. The molecule has 0 radical (unpaired) electrons. The number of amides is 1. The van der Waals surface area contributed by atoms with E-state index in [0.717, 1.165) is 18.4 Å². The smallest absolute Gasteiger partial charge is 0.255 e. The van der Waals surface area contributed by atoms with Crippen molar-refractivity contribution in [2.45, 2.75) is 26.3 Å². The Labute approximate surface area is 126 Å². The van der Waals surface area contributed by atoms with Crippen molar-refractivity contribution >= 4 is 5.91 Å². The van der Waals surface area contributed by atoms with Gasteiger partial charge in [-0.2, -0.15) is 0 Å². The normalized spacial score (nSPS) is 10.1. The number of carbonyl (C=O) groups excluding carboxylic acids is 1. The van der Waals surface area contributed by atoms with Crippen LogP contribution in [0, 0.1) is 0 Å². The first-order valence-corrected chi connectivity index (χ1v) is 7.35. The van der Waals surface area contributed by atoms with Crippen molar-refractivity contribution in [2.75, 3.05) is 6.61 Å². The van der Waals surface area contributed by atoms with Crippen LogP contribution in [0.25, 0.3) is 0 Å². The SMILES string of the molecule is CCCCOc1ccccc1C(=O)NCc1ccccc1. The van der Waals surface area contributed by atoms with Gasteiger partial charge in [0.1, 0.15) is 5.75 Å². The Kier molecular flexibility index (Phi) is 5.83. The molecule has 0 atom stereocenters. The minimum absolute atomic E-state index is 0.106. The van der Waals surface area contributed by atoms with Gasteiger partial charge in [0.25, 0.3) is 5.91 Å². The van der Waals surface area contributed by atoms with E-state index in [-0.39, 0.29) is 5.91 Å². The Morgan fingerprint density at radius 3 is 2.52 bits per heavy atom. The lowest BCUT2D eigenvalue weighted by Crippen LogP contribution is -2.23. The molecule has 2 aromatic carbocycles. The third-order valence-electron chi connectivity index (χ3n) is 3.18. The van der Waals surface area contributed by atoms with Gasteiger partial charge < -0.3 is 10.1 Å². The highest BCUT2D eigenvalue weighted by molar-refractivity contribution is 5.96. The predicted molar refractivity (Wildman–Crippen MR) is 84.5 cm³/mol. The Morgan fingerprint density at radius 2 is 1.76 bits per heavy atom. The Morgan fingerprint density at radius 1 is 1.05 bits per heavy atom. The summed E-state index contributed by atoms with van der Waals surface area (Å²) in [4.78, 5) is 12.3. The lowest BCUT2D eigenvalue weighted by molar-refractivity contribution is 0.0946. The molecule has 0 aliphatic rings. The standard InChI is InChI=1S/C18H21NO2/c1-2-3-13-21-17-12-8-7-11-16(17)18(20)19-14-15-9-5-4-6-10-15/h4-12H,2-3,13-14H2,1H3,(H,19,20). The first-order chi connectivity index (χ1) is 10.3. The number of ether oxygens (including phenoxy) is 1. The zero-order chi connectivity index (χ0) is 14.9. The van der Waals surface area contributed by atoms with Crippen LogP contribution in [0.2, 0.25) is 0 Å². The number of nitrogens with one attached hydrogen (secondary N) is 1. The summed E-state index contributed by atoms with van der Waals surface area (Å²) in [6.07, 6.45) is 2.06. The van der Waals surface area contributed by atoms with E-state index in [0.29, 0.717) is 24.5 Å². The number of rotatable bonds is 7. The van der Waals surface area contributed by atoms with E-state index in [1.54, 1.807) is 6.07 Å². The first kappa shape index (κ1) is 15.1. The lowest BCUT2D eigenvalue weighted by atomic mass is 10.1. The fourth-order valence-corrected chi connectivity index (χ4v) is 1.98. The van der Waals surface area contributed by atoms with Crippen LogP contribution in [-0.4, -0.2) is 12.5 Å². The maximum absolute atomic E-state index is 12.3. The molecular formula is C18H21NO2. The van der Waals surface area contributed by atoms with Gasteiger partial charge in [-0.15, -0.1) is 0 Å². The summed E-state index contributed by atoms with van der Waals surface area (Å²) in [5, 5.41) is 2.93. The zero-order valence-electron chi connectivity index (χ0n) is 12.3. The summed E-state index contributed by atoms with van der Waals surface area (Å²) in [7, 11) is 0. The number of unbranched alkanes of at least 4 members (excludes halogenated alkanes) is 1. The third kappa shape index (κ3) is 4.63. The predicted octanol–water partition coefficient (Wildman–Crippen LogP) is 3.80. The van der Waals surface area contributed by atoms with Crippen LogP contribution in [0.1, 0.15) is 35.7 Å². The van der Waals surface area contributed by atoms with E-state index >= 15 is 0 Å². The Hall–Kier alpha value is -2.29. The number of para-hydroxylation sites is 1. The van der Waals surface area contributed by atoms with Crippen LogP contribution in [0.15, 0.2) is 54.6 Å². The minimum atomic E-state index is -0.106. The molecule has 0 aliphatic heterocycles. The Bertz CT molecular complexity index is 566. The third-order valence-corrected chi connectivity index (χ3v) is 3.18. The second kappa shape index (κ2) is 8.10. The van der Waals surface area contributed by atoms with Gasteiger partial charge >= 0.3 is 0 Å². The lowest BCUT2D eigenvalue weighted by Gasteiger charge is -2.11. The van der Waals surface area contributed by atoms with E-state index < -0.39 is 0 Å². The molecule has 0 aliphatic carbocycles. The van der Waals surface area contributed by atoms with Crippen molar-refractivity contribution < 1.29 is 9.53 Å². The molecule has 2 rings (SSSR count). The highest BCUT2D eigenvalue weighted by Gasteiger charge is 2.11. The van der Waals surface area contributed by atoms with Crippen molar-refractivity contribution in [1.29, 1.82) is 0 Å². The molecule has 3 heteroatoms. The van der Waals surface area contributed by atoms with Crippen LogP contribution >= 0.6 is 0 Å². The first-order valence-electron chi connectivity index (χ1n) is 7.35. The molecular weight excluding hydrogens is 262 g/mol. The monoisotopic (exact) mass is 283 g/mol. The van der Waals surface area contributed by atoms with Crippen molar-refractivity contribution in [1.82, 2.24) is 5.32 Å². The molecule has 0 aromatic heterocycles. The molecule has 0 bridgehead atoms. The second-order valence-electron chi connectivity index (χ2n) is 4.87. The number of carbonyl (C=O) groups is 1. The fourth-order valence-electron chi connectivity index (χ4n) is 1.98. The molecule has 110 valence electrons. The van der Waals surface area contributed by atoms with E-state index in [4.69, 9.17) is 4.74 Å². The second-order valence-corrected chi connectivity index (χ2v) is 4.87. The van der Waals surface area contributed by atoms with Crippen LogP contribution in [0.5, 0.6) is 5.75 Å². The summed E-state index contributed by atoms with van der Waals surface area (Å²) in [5.74, 6) is 0.544. The van der Waals surface area contributed by atoms with E-state index in [2.05, 4.69) is 12.2 Å². The average molecular weight is 283 g/mol.